The fourth-order valence-electron chi connectivity index (χ4n) is 3.94. The predicted molar refractivity (Wildman–Crippen MR) is 138 cm³/mol. The van der Waals surface area contributed by atoms with Crippen LogP contribution in [-0.2, 0) is 19.4 Å². The molecule has 192 valence electrons. The van der Waals surface area contributed by atoms with Crippen LogP contribution >= 0.6 is 0 Å². The number of carbonyl (C=O) groups is 1. The molecule has 0 fully saturated rings. The van der Waals surface area contributed by atoms with E-state index in [0.29, 0.717) is 17.9 Å². The zero-order valence-electron chi connectivity index (χ0n) is 20.2. The van der Waals surface area contributed by atoms with E-state index in [1.165, 1.54) is 24.3 Å². The number of hydrazone groups is 1. The summed E-state index contributed by atoms with van der Waals surface area (Å²) in [6.07, 6.45) is 1.66. The quantitative estimate of drug-likeness (QED) is 0.231. The zero-order valence-corrected chi connectivity index (χ0v) is 21.1. The average Bonchev–Trinajstić information content (AvgIpc) is 3.33. The van der Waals surface area contributed by atoms with E-state index in [0.717, 1.165) is 23.1 Å². The van der Waals surface area contributed by atoms with Crippen LogP contribution in [0.5, 0.6) is 5.75 Å². The number of anilines is 1. The zero-order chi connectivity index (χ0) is 26.6. The van der Waals surface area contributed by atoms with Gasteiger partial charge in [-0.3, -0.25) is 15.1 Å². The van der Waals surface area contributed by atoms with Gasteiger partial charge < -0.3 is 9.47 Å². The number of esters is 1. The monoisotopic (exact) mass is 523 g/mol. The van der Waals surface area contributed by atoms with Crippen molar-refractivity contribution in [3.8, 4) is 5.75 Å². The molecule has 37 heavy (non-hydrogen) atoms. The number of carbonyl (C=O) groups excluding carboxylic acids is 1. The molecule has 1 heterocycles. The highest BCUT2D eigenvalue weighted by atomic mass is 32.2. The second-order valence-corrected chi connectivity index (χ2v) is 10.4. The maximum absolute atomic E-state index is 11.9. The maximum Gasteiger partial charge on any atom is 0.344 e. The highest BCUT2D eigenvalue weighted by molar-refractivity contribution is 7.90. The first-order chi connectivity index (χ1) is 17.7. The van der Waals surface area contributed by atoms with Crippen molar-refractivity contribution < 1.29 is 27.6 Å². The van der Waals surface area contributed by atoms with Crippen LogP contribution in [0, 0.1) is 10.1 Å². The van der Waals surface area contributed by atoms with Crippen molar-refractivity contribution in [1.82, 2.24) is 0 Å². The van der Waals surface area contributed by atoms with Gasteiger partial charge in [0.05, 0.1) is 33.9 Å². The molecule has 1 atom stereocenters. The van der Waals surface area contributed by atoms with Gasteiger partial charge in [-0.25, -0.2) is 13.2 Å². The Bertz CT molecular complexity index is 1420. The molecule has 3 aromatic carbocycles. The van der Waals surface area contributed by atoms with Crippen molar-refractivity contribution in [1.29, 1.82) is 0 Å². The Labute approximate surface area is 214 Å². The minimum atomic E-state index is -3.35. The number of non-ortho nitro benzene ring substituents is 1. The Kier molecular flexibility index (Phi) is 7.53. The standard InChI is InChI=1S/C26H25N3O7S/c1-3-35-26(30)17-36-22-12-6-18(7-13-22)24-16-25(19-4-8-21(9-5-19)29(31)32)28(27-24)20-10-14-23(15-11-20)37(2,33)34/h4-15,25H,3,16-17H2,1-2H3. The Morgan fingerprint density at radius 1 is 1.05 bits per heavy atom. The molecular weight excluding hydrogens is 498 g/mol. The Hall–Kier alpha value is -4.25. The molecule has 0 saturated carbocycles. The first kappa shape index (κ1) is 25.8. The number of hydrogen-bond acceptors (Lipinski definition) is 9. The normalized spacial score (nSPS) is 15.2. The summed E-state index contributed by atoms with van der Waals surface area (Å²) in [6.45, 7) is 1.82. The molecule has 10 nitrogen and oxygen atoms in total. The summed E-state index contributed by atoms with van der Waals surface area (Å²) < 4.78 is 34.1. The summed E-state index contributed by atoms with van der Waals surface area (Å²) >= 11 is 0. The SMILES string of the molecule is CCOC(=O)COc1ccc(C2=NN(c3ccc(S(C)(=O)=O)cc3)C(c3ccc([N+](=O)[O-])cc3)C2)cc1. The van der Waals surface area contributed by atoms with Gasteiger partial charge >= 0.3 is 5.97 Å². The van der Waals surface area contributed by atoms with Crippen molar-refractivity contribution in [3.63, 3.8) is 0 Å². The molecule has 0 aromatic heterocycles. The molecule has 4 rings (SSSR count). The second-order valence-electron chi connectivity index (χ2n) is 8.34. The molecular formula is C26H25N3O7S. The molecule has 1 unspecified atom stereocenters. The Balaban J connectivity index is 1.62. The van der Waals surface area contributed by atoms with Crippen molar-refractivity contribution in [2.45, 2.75) is 24.3 Å². The predicted octanol–water partition coefficient (Wildman–Crippen LogP) is 4.30. The fourth-order valence-corrected chi connectivity index (χ4v) is 4.57. The van der Waals surface area contributed by atoms with E-state index in [1.54, 1.807) is 48.3 Å². The van der Waals surface area contributed by atoms with E-state index in [-0.39, 0.29) is 29.8 Å². The van der Waals surface area contributed by atoms with Gasteiger partial charge in [0.15, 0.2) is 16.4 Å². The van der Waals surface area contributed by atoms with E-state index in [1.807, 2.05) is 12.1 Å². The van der Waals surface area contributed by atoms with Gasteiger partial charge in [-0.05, 0) is 66.6 Å². The third-order valence-corrected chi connectivity index (χ3v) is 6.91. The van der Waals surface area contributed by atoms with Crippen LogP contribution in [0.15, 0.2) is 82.8 Å². The molecule has 11 heteroatoms. The van der Waals surface area contributed by atoms with Gasteiger partial charge in [0.2, 0.25) is 0 Å². The smallest absolute Gasteiger partial charge is 0.344 e. The van der Waals surface area contributed by atoms with Crippen molar-refractivity contribution >= 4 is 32.9 Å². The molecule has 0 aliphatic carbocycles. The van der Waals surface area contributed by atoms with E-state index in [4.69, 9.17) is 14.6 Å². The molecule has 0 amide bonds. The summed E-state index contributed by atoms with van der Waals surface area (Å²) in [4.78, 5) is 22.4. The lowest BCUT2D eigenvalue weighted by atomic mass is 9.98. The van der Waals surface area contributed by atoms with Gasteiger partial charge in [-0.1, -0.05) is 12.1 Å². The number of sulfone groups is 1. The average molecular weight is 524 g/mol. The van der Waals surface area contributed by atoms with Crippen LogP contribution in [-0.4, -0.2) is 44.5 Å². The number of nitro benzene ring substituents is 1. The Morgan fingerprint density at radius 2 is 1.70 bits per heavy atom. The van der Waals surface area contributed by atoms with Gasteiger partial charge in [-0.15, -0.1) is 0 Å². The minimum Gasteiger partial charge on any atom is -0.482 e. The first-order valence-corrected chi connectivity index (χ1v) is 13.3. The van der Waals surface area contributed by atoms with Gasteiger partial charge in [0, 0.05) is 24.8 Å². The van der Waals surface area contributed by atoms with Crippen molar-refractivity contribution in [2.24, 2.45) is 5.10 Å². The molecule has 0 radical (unpaired) electrons. The van der Waals surface area contributed by atoms with Gasteiger partial charge in [0.25, 0.3) is 5.69 Å². The lowest BCUT2D eigenvalue weighted by Gasteiger charge is -2.24. The highest BCUT2D eigenvalue weighted by Crippen LogP contribution is 2.37. The van der Waals surface area contributed by atoms with Crippen LogP contribution in [0.3, 0.4) is 0 Å². The summed E-state index contributed by atoms with van der Waals surface area (Å²) in [7, 11) is -3.35. The molecule has 1 aliphatic rings. The highest BCUT2D eigenvalue weighted by Gasteiger charge is 2.30. The topological polar surface area (TPSA) is 128 Å². The Morgan fingerprint density at radius 3 is 2.27 bits per heavy atom. The van der Waals surface area contributed by atoms with Crippen molar-refractivity contribution in [2.75, 3.05) is 24.5 Å². The van der Waals surface area contributed by atoms with Crippen LogP contribution in [0.2, 0.25) is 0 Å². The molecule has 1 aliphatic heterocycles. The van der Waals surface area contributed by atoms with Crippen LogP contribution < -0.4 is 9.75 Å². The molecule has 0 bridgehead atoms. The van der Waals surface area contributed by atoms with Gasteiger partial charge in [-0.2, -0.15) is 5.10 Å². The number of benzene rings is 3. The number of hydrogen-bond donors (Lipinski definition) is 0. The minimum absolute atomic E-state index is 0.00893. The van der Waals surface area contributed by atoms with Crippen molar-refractivity contribution in [3.05, 3.63) is 94.0 Å². The lowest BCUT2D eigenvalue weighted by molar-refractivity contribution is -0.384. The summed E-state index contributed by atoms with van der Waals surface area (Å²) in [5.41, 5.74) is 3.11. The lowest BCUT2D eigenvalue weighted by Crippen LogP contribution is -2.18. The molecule has 3 aromatic rings. The molecule has 0 spiro atoms. The van der Waals surface area contributed by atoms with E-state index in [2.05, 4.69) is 0 Å². The number of rotatable bonds is 9. The maximum atomic E-state index is 11.9. The van der Waals surface area contributed by atoms with E-state index < -0.39 is 20.7 Å². The van der Waals surface area contributed by atoms with Crippen LogP contribution in [0.4, 0.5) is 11.4 Å². The first-order valence-electron chi connectivity index (χ1n) is 11.5. The summed E-state index contributed by atoms with van der Waals surface area (Å²) in [5, 5.41) is 17.7. The fraction of sp³-hybridized carbons (Fsp3) is 0.231. The van der Waals surface area contributed by atoms with E-state index in [9.17, 15) is 23.3 Å². The second kappa shape index (κ2) is 10.8. The van der Waals surface area contributed by atoms with E-state index >= 15 is 0 Å². The molecule has 0 saturated heterocycles. The van der Waals surface area contributed by atoms with Crippen LogP contribution in [0.25, 0.3) is 0 Å². The number of nitrogens with zero attached hydrogens (tertiary/aromatic N) is 3. The van der Waals surface area contributed by atoms with Gasteiger partial charge in [0.1, 0.15) is 5.75 Å². The molecule has 0 N–H and O–H groups in total. The third kappa shape index (κ3) is 6.12. The largest absolute Gasteiger partial charge is 0.482 e. The summed E-state index contributed by atoms with van der Waals surface area (Å²) in [5.74, 6) is 0.0609. The number of ether oxygens (including phenoxy) is 2. The summed E-state index contributed by atoms with van der Waals surface area (Å²) in [6, 6.07) is 19.6. The van der Waals surface area contributed by atoms with Crippen LogP contribution in [0.1, 0.15) is 30.5 Å². The number of nitro groups is 1. The third-order valence-electron chi connectivity index (χ3n) is 5.78.